The lowest BCUT2D eigenvalue weighted by molar-refractivity contribution is -0.182. The van der Waals surface area contributed by atoms with Crippen LogP contribution in [0.5, 0.6) is 0 Å². The molecule has 0 bridgehead atoms. The molecule has 0 aromatic heterocycles. The van der Waals surface area contributed by atoms with Gasteiger partial charge in [0.25, 0.3) is 0 Å². The maximum atomic E-state index is 6.13. The Morgan fingerprint density at radius 2 is 1.92 bits per heavy atom. The second kappa shape index (κ2) is 7.98. The molecule has 0 aliphatic carbocycles. The highest BCUT2D eigenvalue weighted by molar-refractivity contribution is 14.1. The van der Waals surface area contributed by atoms with Crippen LogP contribution in [0.3, 0.4) is 0 Å². The largest absolute Gasteiger partial charge is 0.371 e. The minimum Gasteiger partial charge on any atom is -0.371 e. The first-order valence-corrected chi connectivity index (χ1v) is 10.3. The van der Waals surface area contributed by atoms with E-state index in [1.54, 1.807) is 0 Å². The first-order chi connectivity index (χ1) is 12.5. The number of benzene rings is 1. The monoisotopic (exact) mass is 476 g/mol. The molecule has 4 rings (SSSR count). The average Bonchev–Trinajstić information content (AvgIpc) is 3.27. The van der Waals surface area contributed by atoms with Crippen molar-refractivity contribution < 1.29 is 28.4 Å². The van der Waals surface area contributed by atoms with Crippen molar-refractivity contribution in [3.63, 3.8) is 0 Å². The lowest BCUT2D eigenvalue weighted by atomic mass is 10.1. The minimum absolute atomic E-state index is 0.00133. The summed E-state index contributed by atoms with van der Waals surface area (Å²) in [6, 6.07) is 10.1. The quantitative estimate of drug-likeness (QED) is 0.465. The predicted molar refractivity (Wildman–Crippen MR) is 102 cm³/mol. The van der Waals surface area contributed by atoms with Crippen LogP contribution < -0.4 is 0 Å². The van der Waals surface area contributed by atoms with E-state index in [-0.39, 0.29) is 34.6 Å². The molecule has 3 aliphatic rings. The van der Waals surface area contributed by atoms with E-state index in [2.05, 4.69) is 34.7 Å². The molecule has 1 aromatic carbocycles. The molecule has 3 fully saturated rings. The number of rotatable bonds is 6. The van der Waals surface area contributed by atoms with Crippen LogP contribution in [0.4, 0.5) is 0 Å². The Morgan fingerprint density at radius 3 is 2.65 bits per heavy atom. The zero-order valence-corrected chi connectivity index (χ0v) is 17.2. The summed E-state index contributed by atoms with van der Waals surface area (Å²) in [5.74, 6) is -0.537. The van der Waals surface area contributed by atoms with E-state index in [9.17, 15) is 0 Å². The first kappa shape index (κ1) is 19.0. The number of hydrogen-bond acceptors (Lipinski definition) is 6. The summed E-state index contributed by atoms with van der Waals surface area (Å²) in [6.45, 7) is 5.92. The lowest BCUT2D eigenvalue weighted by Crippen LogP contribution is -2.32. The van der Waals surface area contributed by atoms with Gasteiger partial charge in [-0.1, -0.05) is 52.9 Å². The van der Waals surface area contributed by atoms with Gasteiger partial charge >= 0.3 is 0 Å². The summed E-state index contributed by atoms with van der Waals surface area (Å²) in [7, 11) is 0. The molecule has 0 saturated carbocycles. The van der Waals surface area contributed by atoms with Crippen molar-refractivity contribution in [3.05, 3.63) is 35.9 Å². The van der Waals surface area contributed by atoms with Crippen molar-refractivity contribution in [2.75, 3.05) is 19.8 Å². The van der Waals surface area contributed by atoms with Crippen molar-refractivity contribution in [3.8, 4) is 0 Å². The smallest absolute Gasteiger partial charge is 0.172 e. The molecule has 3 saturated heterocycles. The molecule has 6 atom stereocenters. The van der Waals surface area contributed by atoms with E-state index >= 15 is 0 Å². The molecule has 3 heterocycles. The van der Waals surface area contributed by atoms with E-state index in [1.807, 2.05) is 32.0 Å². The third-order valence-corrected chi connectivity index (χ3v) is 6.12. The zero-order chi connectivity index (χ0) is 18.1. The Labute approximate surface area is 167 Å². The zero-order valence-electron chi connectivity index (χ0n) is 15.0. The maximum absolute atomic E-state index is 6.13. The lowest BCUT2D eigenvalue weighted by Gasteiger charge is -2.22. The van der Waals surface area contributed by atoms with Crippen LogP contribution >= 0.6 is 22.6 Å². The average molecular weight is 476 g/mol. The van der Waals surface area contributed by atoms with Gasteiger partial charge in [0, 0.05) is 0 Å². The van der Waals surface area contributed by atoms with Gasteiger partial charge in [-0.05, 0) is 19.4 Å². The van der Waals surface area contributed by atoms with Crippen molar-refractivity contribution in [2.24, 2.45) is 0 Å². The molecule has 3 aliphatic heterocycles. The maximum Gasteiger partial charge on any atom is 0.172 e. The summed E-state index contributed by atoms with van der Waals surface area (Å²) >= 11 is 2.35. The summed E-state index contributed by atoms with van der Waals surface area (Å²) < 4.78 is 35.6. The Hall–Kier alpha value is -0.290. The molecule has 1 aromatic rings. The van der Waals surface area contributed by atoms with Gasteiger partial charge in [-0.3, -0.25) is 0 Å². The summed E-state index contributed by atoms with van der Waals surface area (Å²) in [5.41, 5.74) is 1.15. The van der Waals surface area contributed by atoms with Gasteiger partial charge in [-0.2, -0.15) is 0 Å². The predicted octanol–water partition coefficient (Wildman–Crippen LogP) is 2.67. The van der Waals surface area contributed by atoms with E-state index in [0.29, 0.717) is 26.4 Å². The van der Waals surface area contributed by atoms with Crippen molar-refractivity contribution in [1.82, 2.24) is 0 Å². The third kappa shape index (κ3) is 4.24. The first-order valence-electron chi connectivity index (χ1n) is 9.02. The van der Waals surface area contributed by atoms with E-state index in [0.717, 1.165) is 5.56 Å². The van der Waals surface area contributed by atoms with Gasteiger partial charge in [-0.25, -0.2) is 0 Å². The standard InChI is InChI=1S/C19H25IO6/c1-19(2)24-10-13(26-19)9-23-18-15(20)17-16(25-18)14(11-22-17)21-8-12-6-4-3-5-7-12/h3-7,13-18H,8-11H2,1-2H3/t13-,14+,15+,16+,17+,18+/m0/s1. The number of halogens is 1. The Balaban J connectivity index is 1.27. The van der Waals surface area contributed by atoms with Crippen LogP contribution in [0.2, 0.25) is 0 Å². The SMILES string of the molecule is CC1(C)OC[C@H](CO[C@@H]2O[C@H]3[C@H](OC[C@H]3OCc3ccccc3)[C@H]2I)O1. The molecule has 0 spiro atoms. The normalized spacial score (nSPS) is 38.6. The molecule has 26 heavy (non-hydrogen) atoms. The number of ether oxygens (including phenoxy) is 6. The Morgan fingerprint density at radius 1 is 1.12 bits per heavy atom. The Kier molecular flexibility index (Phi) is 5.85. The third-order valence-electron chi connectivity index (χ3n) is 4.83. The van der Waals surface area contributed by atoms with Crippen LogP contribution in [0.1, 0.15) is 19.4 Å². The van der Waals surface area contributed by atoms with E-state index in [1.165, 1.54) is 0 Å². The molecular weight excluding hydrogens is 451 g/mol. The number of alkyl halides is 1. The highest BCUT2D eigenvalue weighted by Gasteiger charge is 2.53. The van der Waals surface area contributed by atoms with Gasteiger partial charge in [0.05, 0.1) is 30.4 Å². The van der Waals surface area contributed by atoms with Crippen molar-refractivity contribution in [1.29, 1.82) is 0 Å². The molecule has 7 heteroatoms. The van der Waals surface area contributed by atoms with Gasteiger partial charge in [0.15, 0.2) is 12.1 Å². The van der Waals surface area contributed by atoms with Crippen LogP contribution in [-0.2, 0) is 35.0 Å². The molecule has 0 N–H and O–H groups in total. The van der Waals surface area contributed by atoms with Crippen LogP contribution in [-0.4, -0.2) is 60.2 Å². The minimum atomic E-state index is -0.537. The summed E-state index contributed by atoms with van der Waals surface area (Å²) in [6.07, 6.45) is -0.554. The van der Waals surface area contributed by atoms with Crippen LogP contribution in [0, 0.1) is 0 Å². The van der Waals surface area contributed by atoms with Crippen molar-refractivity contribution >= 4 is 22.6 Å². The van der Waals surface area contributed by atoms with Gasteiger partial charge in [-0.15, -0.1) is 0 Å². The van der Waals surface area contributed by atoms with Gasteiger partial charge in [0.1, 0.15) is 24.4 Å². The van der Waals surface area contributed by atoms with Crippen molar-refractivity contribution in [2.45, 2.75) is 60.9 Å². The number of fused-ring (bicyclic) bond motifs is 1. The second-order valence-corrected chi connectivity index (χ2v) is 8.77. The van der Waals surface area contributed by atoms with E-state index < -0.39 is 5.79 Å². The highest BCUT2D eigenvalue weighted by atomic mass is 127. The Bertz CT molecular complexity index is 597. The molecule has 0 radical (unpaired) electrons. The van der Waals surface area contributed by atoms with Gasteiger partial charge < -0.3 is 28.4 Å². The molecule has 6 nitrogen and oxygen atoms in total. The molecule has 0 unspecified atom stereocenters. The van der Waals surface area contributed by atoms with Gasteiger partial charge in [0.2, 0.25) is 0 Å². The fourth-order valence-corrected chi connectivity index (χ4v) is 4.52. The second-order valence-electron chi connectivity index (χ2n) is 7.33. The summed E-state index contributed by atoms with van der Waals surface area (Å²) in [4.78, 5) is 0. The molecule has 144 valence electrons. The fourth-order valence-electron chi connectivity index (χ4n) is 3.53. The van der Waals surface area contributed by atoms with E-state index in [4.69, 9.17) is 28.4 Å². The highest BCUT2D eigenvalue weighted by Crippen LogP contribution is 2.38. The van der Waals surface area contributed by atoms with Crippen LogP contribution in [0.15, 0.2) is 30.3 Å². The fraction of sp³-hybridized carbons (Fsp3) is 0.684. The molecule has 0 amide bonds. The number of hydrogen-bond donors (Lipinski definition) is 0. The topological polar surface area (TPSA) is 55.4 Å². The molecular formula is C19H25IO6. The summed E-state index contributed by atoms with van der Waals surface area (Å²) in [5, 5.41) is 0. The van der Waals surface area contributed by atoms with Crippen LogP contribution in [0.25, 0.3) is 0 Å².